The number of anilines is 1. The smallest absolute Gasteiger partial charge is 0.272 e. The van der Waals surface area contributed by atoms with Crippen molar-refractivity contribution in [1.29, 1.82) is 0 Å². The van der Waals surface area contributed by atoms with Crippen molar-refractivity contribution in [3.8, 4) is 0 Å². The van der Waals surface area contributed by atoms with E-state index in [0.717, 1.165) is 18.9 Å². The summed E-state index contributed by atoms with van der Waals surface area (Å²) in [5.74, 6) is 0.760. The fourth-order valence-electron chi connectivity index (χ4n) is 2.11. The second-order valence-corrected chi connectivity index (χ2v) is 4.34. The lowest BCUT2D eigenvalue weighted by molar-refractivity contribution is 0.0299. The zero-order valence-electron chi connectivity index (χ0n) is 11.5. The highest BCUT2D eigenvalue weighted by molar-refractivity contribution is 5.93. The molecule has 1 fully saturated rings. The third kappa shape index (κ3) is 3.20. The summed E-state index contributed by atoms with van der Waals surface area (Å²) in [5.41, 5.74) is 0.457. The van der Waals surface area contributed by atoms with E-state index in [0.29, 0.717) is 32.0 Å². The topological polar surface area (TPSA) is 58.6 Å². The highest BCUT2D eigenvalue weighted by atomic mass is 16.5. The molecule has 0 aliphatic carbocycles. The summed E-state index contributed by atoms with van der Waals surface area (Å²) in [6.07, 6.45) is 1.46. The second kappa shape index (κ2) is 6.47. The van der Waals surface area contributed by atoms with Crippen LogP contribution in [0.5, 0.6) is 0 Å². The van der Waals surface area contributed by atoms with Gasteiger partial charge in [0.1, 0.15) is 17.8 Å². The molecule has 1 aromatic rings. The molecule has 2 rings (SSSR count). The number of carbonyl (C=O) groups is 1. The van der Waals surface area contributed by atoms with Crippen molar-refractivity contribution < 1.29 is 9.53 Å². The van der Waals surface area contributed by atoms with Crippen molar-refractivity contribution in [3.05, 3.63) is 18.1 Å². The first-order valence-electron chi connectivity index (χ1n) is 6.70. The van der Waals surface area contributed by atoms with Gasteiger partial charge in [-0.2, -0.15) is 0 Å². The van der Waals surface area contributed by atoms with Crippen LogP contribution >= 0.6 is 0 Å². The van der Waals surface area contributed by atoms with Crippen molar-refractivity contribution in [3.63, 3.8) is 0 Å². The number of morpholine rings is 1. The lowest BCUT2D eigenvalue weighted by Crippen LogP contribution is -2.41. The van der Waals surface area contributed by atoms with Crippen LogP contribution < -0.4 is 4.90 Å². The van der Waals surface area contributed by atoms with E-state index in [1.807, 2.05) is 0 Å². The Morgan fingerprint density at radius 3 is 2.63 bits per heavy atom. The fraction of sp³-hybridized carbons (Fsp3) is 0.615. The van der Waals surface area contributed by atoms with Crippen LogP contribution in [0.3, 0.4) is 0 Å². The fourth-order valence-corrected chi connectivity index (χ4v) is 2.11. The molecule has 0 bridgehead atoms. The summed E-state index contributed by atoms with van der Waals surface area (Å²) in [4.78, 5) is 24.5. The van der Waals surface area contributed by atoms with Crippen LogP contribution in [0, 0.1) is 0 Å². The average Bonchev–Trinajstić information content (AvgIpc) is 2.49. The van der Waals surface area contributed by atoms with E-state index in [1.165, 1.54) is 6.33 Å². The molecule has 1 aliphatic rings. The summed E-state index contributed by atoms with van der Waals surface area (Å²) < 4.78 is 5.25. The molecule has 0 radical (unpaired) electrons. The van der Waals surface area contributed by atoms with Crippen LogP contribution in [0.25, 0.3) is 0 Å². The Labute approximate surface area is 113 Å². The van der Waals surface area contributed by atoms with Crippen molar-refractivity contribution in [2.75, 3.05) is 44.3 Å². The largest absolute Gasteiger partial charge is 0.378 e. The number of ether oxygens (including phenoxy) is 1. The van der Waals surface area contributed by atoms with E-state index in [-0.39, 0.29) is 5.91 Å². The van der Waals surface area contributed by atoms with Crippen LogP contribution in [0.4, 0.5) is 5.82 Å². The van der Waals surface area contributed by atoms with E-state index >= 15 is 0 Å². The molecular weight excluding hydrogens is 244 g/mol. The number of aromatic nitrogens is 2. The molecule has 1 aromatic heterocycles. The molecule has 0 atom stereocenters. The van der Waals surface area contributed by atoms with Gasteiger partial charge in [0.15, 0.2) is 0 Å². The van der Waals surface area contributed by atoms with Gasteiger partial charge in [-0.05, 0) is 13.8 Å². The molecule has 2 heterocycles. The van der Waals surface area contributed by atoms with Crippen molar-refractivity contribution in [2.24, 2.45) is 0 Å². The molecule has 0 spiro atoms. The van der Waals surface area contributed by atoms with Gasteiger partial charge in [0.25, 0.3) is 5.91 Å². The Balaban J connectivity index is 2.15. The predicted octanol–water partition coefficient (Wildman–Crippen LogP) is 0.795. The second-order valence-electron chi connectivity index (χ2n) is 4.34. The standard InChI is InChI=1S/C13H20N4O2/c1-3-16(4-2)12-9-11(14-10-15-12)13(18)17-5-7-19-8-6-17/h9-10H,3-8H2,1-2H3. The number of nitrogens with zero attached hydrogens (tertiary/aromatic N) is 4. The predicted molar refractivity (Wildman–Crippen MR) is 72.3 cm³/mol. The molecule has 6 heteroatoms. The zero-order chi connectivity index (χ0) is 13.7. The lowest BCUT2D eigenvalue weighted by atomic mass is 10.3. The van der Waals surface area contributed by atoms with Gasteiger partial charge in [0.2, 0.25) is 0 Å². The van der Waals surface area contributed by atoms with E-state index < -0.39 is 0 Å². The average molecular weight is 264 g/mol. The SMILES string of the molecule is CCN(CC)c1cc(C(=O)N2CCOCC2)ncn1. The third-order valence-corrected chi connectivity index (χ3v) is 3.26. The maximum atomic E-state index is 12.3. The van der Waals surface area contributed by atoms with Gasteiger partial charge in [-0.25, -0.2) is 9.97 Å². The Kier molecular flexibility index (Phi) is 4.68. The Morgan fingerprint density at radius 1 is 1.32 bits per heavy atom. The van der Waals surface area contributed by atoms with Crippen LogP contribution in [0.15, 0.2) is 12.4 Å². The number of hydrogen-bond donors (Lipinski definition) is 0. The summed E-state index contributed by atoms with van der Waals surface area (Å²) in [6.45, 7) is 8.30. The number of hydrogen-bond acceptors (Lipinski definition) is 5. The summed E-state index contributed by atoms with van der Waals surface area (Å²) >= 11 is 0. The minimum atomic E-state index is -0.0425. The van der Waals surface area contributed by atoms with E-state index in [1.54, 1.807) is 11.0 Å². The van der Waals surface area contributed by atoms with Gasteiger partial charge in [-0.15, -0.1) is 0 Å². The molecule has 104 valence electrons. The highest BCUT2D eigenvalue weighted by Gasteiger charge is 2.20. The quantitative estimate of drug-likeness (QED) is 0.805. The Hall–Kier alpha value is -1.69. The minimum absolute atomic E-state index is 0.0425. The van der Waals surface area contributed by atoms with E-state index in [9.17, 15) is 4.79 Å². The normalized spacial score (nSPS) is 15.4. The minimum Gasteiger partial charge on any atom is -0.378 e. The van der Waals surface area contributed by atoms with Gasteiger partial charge < -0.3 is 14.5 Å². The first kappa shape index (κ1) is 13.7. The monoisotopic (exact) mass is 264 g/mol. The zero-order valence-corrected chi connectivity index (χ0v) is 11.5. The maximum Gasteiger partial charge on any atom is 0.272 e. The summed E-state index contributed by atoms with van der Waals surface area (Å²) in [5, 5.41) is 0. The van der Waals surface area contributed by atoms with Crippen LogP contribution in [-0.4, -0.2) is 60.2 Å². The van der Waals surface area contributed by atoms with Crippen molar-refractivity contribution in [1.82, 2.24) is 14.9 Å². The Bertz CT molecular complexity index is 428. The molecule has 6 nitrogen and oxygen atoms in total. The molecule has 1 amide bonds. The molecule has 1 aliphatic heterocycles. The van der Waals surface area contributed by atoms with Gasteiger partial charge in [0, 0.05) is 32.2 Å². The van der Waals surface area contributed by atoms with Crippen LogP contribution in [0.1, 0.15) is 24.3 Å². The number of amides is 1. The first-order valence-corrected chi connectivity index (χ1v) is 6.70. The van der Waals surface area contributed by atoms with Gasteiger partial charge in [-0.1, -0.05) is 0 Å². The first-order chi connectivity index (χ1) is 9.26. The van der Waals surface area contributed by atoms with Crippen LogP contribution in [-0.2, 0) is 4.74 Å². The van der Waals surface area contributed by atoms with Gasteiger partial charge >= 0.3 is 0 Å². The molecule has 19 heavy (non-hydrogen) atoms. The summed E-state index contributed by atoms with van der Waals surface area (Å²) in [6, 6.07) is 1.77. The van der Waals surface area contributed by atoms with Crippen molar-refractivity contribution in [2.45, 2.75) is 13.8 Å². The molecule has 0 saturated carbocycles. The van der Waals surface area contributed by atoms with E-state index in [2.05, 4.69) is 28.7 Å². The maximum absolute atomic E-state index is 12.3. The van der Waals surface area contributed by atoms with E-state index in [4.69, 9.17) is 4.74 Å². The molecule has 0 N–H and O–H groups in total. The van der Waals surface area contributed by atoms with Gasteiger partial charge in [0.05, 0.1) is 13.2 Å². The molecule has 0 unspecified atom stereocenters. The lowest BCUT2D eigenvalue weighted by Gasteiger charge is -2.27. The van der Waals surface area contributed by atoms with Gasteiger partial charge in [-0.3, -0.25) is 4.79 Å². The molecular formula is C13H20N4O2. The highest BCUT2D eigenvalue weighted by Crippen LogP contribution is 2.12. The molecule has 1 saturated heterocycles. The third-order valence-electron chi connectivity index (χ3n) is 3.26. The van der Waals surface area contributed by atoms with Crippen molar-refractivity contribution >= 4 is 11.7 Å². The summed E-state index contributed by atoms with van der Waals surface area (Å²) in [7, 11) is 0. The number of carbonyl (C=O) groups excluding carboxylic acids is 1. The van der Waals surface area contributed by atoms with Crippen LogP contribution in [0.2, 0.25) is 0 Å². The molecule has 0 aromatic carbocycles. The number of rotatable bonds is 4. The Morgan fingerprint density at radius 2 is 2.00 bits per heavy atom.